The molecule has 1 aliphatic rings. The minimum Gasteiger partial charge on any atom is -0.480 e. The van der Waals surface area contributed by atoms with Crippen LogP contribution in [0.2, 0.25) is 0 Å². The first-order valence-electron chi connectivity index (χ1n) is 8.17. The minimum atomic E-state index is -0.854. The molecule has 7 heteroatoms. The monoisotopic (exact) mass is 347 g/mol. The predicted octanol–water partition coefficient (Wildman–Crippen LogP) is 1.74. The molecule has 1 fully saturated rings. The molecule has 0 aliphatic heterocycles. The van der Waals surface area contributed by atoms with Gasteiger partial charge in [-0.2, -0.15) is 0 Å². The van der Waals surface area contributed by atoms with Crippen LogP contribution in [0.5, 0.6) is 0 Å². The highest BCUT2D eigenvalue weighted by Gasteiger charge is 2.34. The van der Waals surface area contributed by atoms with Crippen molar-refractivity contribution in [3.63, 3.8) is 0 Å². The third-order valence-electron chi connectivity index (χ3n) is 4.35. The Bertz CT molecular complexity index is 651. The van der Waals surface area contributed by atoms with Gasteiger partial charge in [-0.25, -0.2) is 9.18 Å². The number of rotatable bonds is 7. The van der Waals surface area contributed by atoms with Crippen molar-refractivity contribution in [3.8, 4) is 12.3 Å². The molecular weight excluding hydrogens is 325 g/mol. The normalized spacial score (nSPS) is 20.2. The average molecular weight is 347 g/mol. The van der Waals surface area contributed by atoms with Gasteiger partial charge in [0.05, 0.1) is 6.54 Å². The Kier molecular flexibility index (Phi) is 6.37. The van der Waals surface area contributed by atoms with E-state index < -0.39 is 18.0 Å². The first kappa shape index (κ1) is 18.7. The Labute approximate surface area is 146 Å². The standard InChI is InChI=1S/C18H22FN3O3/c1-3-16(12-5-7-13(19)8-6-12)21-18(25)20-14-9-15(10-14)22(4-2)11-17(23)24/h1,5-8,14-16H,4,9-11H2,2H3,(H,23,24)(H2,20,21,25). The molecular formula is C18H22FN3O3. The fourth-order valence-corrected chi connectivity index (χ4v) is 2.91. The van der Waals surface area contributed by atoms with E-state index in [0.717, 1.165) is 0 Å². The van der Waals surface area contributed by atoms with E-state index in [0.29, 0.717) is 24.9 Å². The van der Waals surface area contributed by atoms with E-state index >= 15 is 0 Å². The van der Waals surface area contributed by atoms with Gasteiger partial charge >= 0.3 is 12.0 Å². The molecule has 1 aromatic carbocycles. The number of carboxylic acids is 1. The summed E-state index contributed by atoms with van der Waals surface area (Å²) in [5.74, 6) is 1.24. The van der Waals surface area contributed by atoms with Crippen LogP contribution in [0, 0.1) is 18.2 Å². The molecule has 1 unspecified atom stereocenters. The number of hydrogen-bond donors (Lipinski definition) is 3. The molecule has 25 heavy (non-hydrogen) atoms. The van der Waals surface area contributed by atoms with Gasteiger partial charge < -0.3 is 15.7 Å². The second-order valence-electron chi connectivity index (χ2n) is 6.05. The fourth-order valence-electron chi connectivity index (χ4n) is 2.91. The first-order chi connectivity index (χ1) is 11.9. The van der Waals surface area contributed by atoms with E-state index in [1.807, 2.05) is 11.8 Å². The third-order valence-corrected chi connectivity index (χ3v) is 4.35. The van der Waals surface area contributed by atoms with Crippen molar-refractivity contribution in [3.05, 3.63) is 35.6 Å². The van der Waals surface area contributed by atoms with E-state index in [-0.39, 0.29) is 24.4 Å². The van der Waals surface area contributed by atoms with Crippen LogP contribution < -0.4 is 10.6 Å². The van der Waals surface area contributed by atoms with Crippen LogP contribution in [0.25, 0.3) is 0 Å². The molecule has 6 nitrogen and oxygen atoms in total. The van der Waals surface area contributed by atoms with E-state index in [4.69, 9.17) is 11.5 Å². The molecule has 0 radical (unpaired) electrons. The lowest BCUT2D eigenvalue weighted by atomic mass is 9.85. The quantitative estimate of drug-likeness (QED) is 0.656. The second kappa shape index (κ2) is 8.49. The fraction of sp³-hybridized carbons (Fsp3) is 0.444. The SMILES string of the molecule is C#CC(NC(=O)NC1CC(N(CC)CC(=O)O)C1)c1ccc(F)cc1. The minimum absolute atomic E-state index is 0.00379. The maximum Gasteiger partial charge on any atom is 0.317 e. The van der Waals surface area contributed by atoms with Crippen molar-refractivity contribution >= 4 is 12.0 Å². The van der Waals surface area contributed by atoms with E-state index in [1.54, 1.807) is 0 Å². The predicted molar refractivity (Wildman–Crippen MR) is 91.3 cm³/mol. The number of amides is 2. The maximum atomic E-state index is 13.0. The number of nitrogens with zero attached hydrogens (tertiary/aromatic N) is 1. The third kappa shape index (κ3) is 5.19. The Morgan fingerprint density at radius 2 is 2.04 bits per heavy atom. The number of benzene rings is 1. The second-order valence-corrected chi connectivity index (χ2v) is 6.05. The number of terminal acetylenes is 1. The van der Waals surface area contributed by atoms with Crippen molar-refractivity contribution in [2.24, 2.45) is 0 Å². The zero-order valence-corrected chi connectivity index (χ0v) is 14.0. The van der Waals surface area contributed by atoms with Gasteiger partial charge in [-0.3, -0.25) is 9.69 Å². The van der Waals surface area contributed by atoms with Crippen LogP contribution in [0.15, 0.2) is 24.3 Å². The molecule has 0 spiro atoms. The summed E-state index contributed by atoms with van der Waals surface area (Å²) in [6.07, 6.45) is 6.85. The number of nitrogens with one attached hydrogen (secondary N) is 2. The summed E-state index contributed by atoms with van der Waals surface area (Å²) >= 11 is 0. The van der Waals surface area contributed by atoms with Gasteiger partial charge in [-0.15, -0.1) is 6.42 Å². The van der Waals surface area contributed by atoms with Crippen LogP contribution >= 0.6 is 0 Å². The lowest BCUT2D eigenvalue weighted by Crippen LogP contribution is -2.56. The molecule has 1 atom stereocenters. The molecule has 3 N–H and O–H groups in total. The smallest absolute Gasteiger partial charge is 0.317 e. The van der Waals surface area contributed by atoms with Gasteiger partial charge in [0.25, 0.3) is 0 Å². The van der Waals surface area contributed by atoms with Gasteiger partial charge in [0, 0.05) is 12.1 Å². The van der Waals surface area contributed by atoms with Gasteiger partial charge in [-0.1, -0.05) is 25.0 Å². The Morgan fingerprint density at radius 3 is 2.56 bits per heavy atom. The molecule has 2 rings (SSSR count). The average Bonchev–Trinajstić information content (AvgIpc) is 2.54. The van der Waals surface area contributed by atoms with E-state index in [9.17, 15) is 14.0 Å². The highest BCUT2D eigenvalue weighted by Crippen LogP contribution is 2.25. The van der Waals surface area contributed by atoms with E-state index in [2.05, 4.69) is 16.6 Å². The summed E-state index contributed by atoms with van der Waals surface area (Å²) in [6, 6.07) is 4.75. The summed E-state index contributed by atoms with van der Waals surface area (Å²) < 4.78 is 13.0. The lowest BCUT2D eigenvalue weighted by molar-refractivity contribution is -0.139. The van der Waals surface area contributed by atoms with Gasteiger partial charge in [0.1, 0.15) is 11.9 Å². The largest absolute Gasteiger partial charge is 0.480 e. The van der Waals surface area contributed by atoms with Crippen molar-refractivity contribution in [2.75, 3.05) is 13.1 Å². The molecule has 0 aromatic heterocycles. The number of carboxylic acid groups (broad SMARTS) is 1. The number of urea groups is 1. The molecule has 1 aromatic rings. The first-order valence-corrected chi connectivity index (χ1v) is 8.17. The molecule has 0 saturated heterocycles. The number of carbonyl (C=O) groups is 2. The van der Waals surface area contributed by atoms with Crippen LogP contribution in [-0.2, 0) is 4.79 Å². The number of likely N-dealkylation sites (N-methyl/N-ethyl adjacent to an activating group) is 1. The molecule has 0 heterocycles. The zero-order valence-electron chi connectivity index (χ0n) is 14.0. The Morgan fingerprint density at radius 1 is 1.40 bits per heavy atom. The molecule has 1 saturated carbocycles. The van der Waals surface area contributed by atoms with Gasteiger partial charge in [-0.05, 0) is 37.1 Å². The molecule has 134 valence electrons. The number of hydrogen-bond acceptors (Lipinski definition) is 3. The molecule has 2 amide bonds. The van der Waals surface area contributed by atoms with Crippen LogP contribution in [0.1, 0.15) is 31.4 Å². The summed E-state index contributed by atoms with van der Waals surface area (Å²) in [6.45, 7) is 2.57. The van der Waals surface area contributed by atoms with Gasteiger partial charge in [0.15, 0.2) is 0 Å². The summed E-state index contributed by atoms with van der Waals surface area (Å²) in [4.78, 5) is 24.8. The van der Waals surface area contributed by atoms with Crippen molar-refractivity contribution in [2.45, 2.75) is 37.9 Å². The number of carbonyl (C=O) groups excluding carboxylic acids is 1. The number of halogens is 1. The van der Waals surface area contributed by atoms with Crippen LogP contribution in [-0.4, -0.2) is 47.2 Å². The van der Waals surface area contributed by atoms with Crippen LogP contribution in [0.3, 0.4) is 0 Å². The zero-order chi connectivity index (χ0) is 18.4. The summed E-state index contributed by atoms with van der Waals surface area (Å²) in [5.41, 5.74) is 0.629. The Balaban J connectivity index is 1.80. The Hall–Kier alpha value is -2.59. The summed E-state index contributed by atoms with van der Waals surface area (Å²) in [7, 11) is 0. The summed E-state index contributed by atoms with van der Waals surface area (Å²) in [5, 5.41) is 14.4. The number of aliphatic carboxylic acids is 1. The van der Waals surface area contributed by atoms with Crippen LogP contribution in [0.4, 0.5) is 9.18 Å². The topological polar surface area (TPSA) is 81.7 Å². The maximum absolute atomic E-state index is 13.0. The highest BCUT2D eigenvalue weighted by molar-refractivity contribution is 5.75. The lowest BCUT2D eigenvalue weighted by Gasteiger charge is -2.42. The van der Waals surface area contributed by atoms with E-state index in [1.165, 1.54) is 24.3 Å². The van der Waals surface area contributed by atoms with Crippen molar-refractivity contribution < 1.29 is 19.1 Å². The molecule has 1 aliphatic carbocycles. The highest BCUT2D eigenvalue weighted by atomic mass is 19.1. The molecule has 0 bridgehead atoms. The van der Waals surface area contributed by atoms with Gasteiger partial charge in [0.2, 0.25) is 0 Å². The van der Waals surface area contributed by atoms with Crippen molar-refractivity contribution in [1.82, 2.24) is 15.5 Å². The van der Waals surface area contributed by atoms with Crippen molar-refractivity contribution in [1.29, 1.82) is 0 Å².